The van der Waals surface area contributed by atoms with E-state index in [0.717, 1.165) is 26.1 Å². The lowest BCUT2D eigenvalue weighted by Crippen LogP contribution is -2.44. The molecule has 1 rings (SSSR count). The van der Waals surface area contributed by atoms with Crippen LogP contribution in [0.2, 0.25) is 0 Å². The molecule has 2 unspecified atom stereocenters. The van der Waals surface area contributed by atoms with E-state index < -0.39 is 0 Å². The molecule has 2 atom stereocenters. The van der Waals surface area contributed by atoms with Crippen LogP contribution in [-0.4, -0.2) is 48.2 Å². The van der Waals surface area contributed by atoms with Crippen molar-refractivity contribution in [2.75, 3.05) is 26.2 Å². The lowest BCUT2D eigenvalue weighted by atomic mass is 9.97. The number of hydrogen-bond donors (Lipinski definition) is 2. The largest absolute Gasteiger partial charge is 0.393 e. The zero-order valence-corrected chi connectivity index (χ0v) is 8.99. The Labute approximate surface area is 85.3 Å². The van der Waals surface area contributed by atoms with Crippen molar-refractivity contribution in [3.8, 4) is 0 Å². The molecule has 4 nitrogen and oxygen atoms in total. The van der Waals surface area contributed by atoms with E-state index in [-0.39, 0.29) is 12.0 Å². The molecule has 0 saturated carbocycles. The second kappa shape index (κ2) is 5.32. The van der Waals surface area contributed by atoms with Crippen LogP contribution < -0.4 is 5.32 Å². The maximum Gasteiger partial charge on any atom is 0.216 e. The maximum atomic E-state index is 10.6. The number of likely N-dealkylation sites (tertiary alicyclic amines) is 1. The number of aliphatic hydroxyl groups excluding tert-OH is 1. The van der Waals surface area contributed by atoms with Crippen molar-refractivity contribution in [1.82, 2.24) is 10.2 Å². The van der Waals surface area contributed by atoms with Gasteiger partial charge in [-0.3, -0.25) is 4.79 Å². The molecule has 0 bridgehead atoms. The van der Waals surface area contributed by atoms with Crippen molar-refractivity contribution in [2.24, 2.45) is 5.92 Å². The predicted octanol–water partition coefficient (Wildman–Crippen LogP) is -0.175. The second-order valence-electron chi connectivity index (χ2n) is 4.12. The fourth-order valence-electron chi connectivity index (χ4n) is 1.81. The molecule has 1 fully saturated rings. The van der Waals surface area contributed by atoms with Gasteiger partial charge in [-0.25, -0.2) is 0 Å². The van der Waals surface area contributed by atoms with Gasteiger partial charge in [0.25, 0.3) is 0 Å². The first-order valence-electron chi connectivity index (χ1n) is 5.24. The molecule has 0 radical (unpaired) electrons. The van der Waals surface area contributed by atoms with Gasteiger partial charge in [-0.1, -0.05) is 6.92 Å². The summed E-state index contributed by atoms with van der Waals surface area (Å²) in [6.07, 6.45) is 0.702. The number of nitrogens with one attached hydrogen (secondary N) is 1. The Balaban J connectivity index is 2.16. The summed E-state index contributed by atoms with van der Waals surface area (Å²) in [4.78, 5) is 12.9. The molecule has 0 spiro atoms. The zero-order chi connectivity index (χ0) is 10.6. The summed E-state index contributed by atoms with van der Waals surface area (Å²) < 4.78 is 0. The first-order valence-corrected chi connectivity index (χ1v) is 5.24. The highest BCUT2D eigenvalue weighted by Crippen LogP contribution is 2.15. The molecule has 1 heterocycles. The molecule has 1 aliphatic heterocycles. The van der Waals surface area contributed by atoms with Crippen LogP contribution >= 0.6 is 0 Å². The standard InChI is InChI=1S/C10H20N2O2/c1-8-7-12(5-3-10(8)14)6-4-11-9(2)13/h8,10,14H,3-7H2,1-2H3,(H,11,13). The van der Waals surface area contributed by atoms with Gasteiger partial charge in [0.15, 0.2) is 0 Å². The molecule has 0 aromatic carbocycles. The van der Waals surface area contributed by atoms with E-state index in [1.165, 1.54) is 6.92 Å². The van der Waals surface area contributed by atoms with Crippen LogP contribution in [-0.2, 0) is 4.79 Å². The van der Waals surface area contributed by atoms with Crippen molar-refractivity contribution in [2.45, 2.75) is 26.4 Å². The molecular formula is C10H20N2O2. The van der Waals surface area contributed by atoms with Crippen molar-refractivity contribution < 1.29 is 9.90 Å². The number of carbonyl (C=O) groups excluding carboxylic acids is 1. The third-order valence-electron chi connectivity index (χ3n) is 2.75. The number of carbonyl (C=O) groups is 1. The van der Waals surface area contributed by atoms with E-state index in [9.17, 15) is 9.90 Å². The van der Waals surface area contributed by atoms with Crippen LogP contribution in [0.5, 0.6) is 0 Å². The van der Waals surface area contributed by atoms with Gasteiger partial charge in [0.1, 0.15) is 0 Å². The number of nitrogens with zero attached hydrogens (tertiary/aromatic N) is 1. The van der Waals surface area contributed by atoms with Crippen LogP contribution in [0.15, 0.2) is 0 Å². The maximum absolute atomic E-state index is 10.6. The number of hydrogen-bond acceptors (Lipinski definition) is 3. The summed E-state index contributed by atoms with van der Waals surface area (Å²) in [7, 11) is 0. The fraction of sp³-hybridized carbons (Fsp3) is 0.900. The van der Waals surface area contributed by atoms with Gasteiger partial charge < -0.3 is 15.3 Å². The Morgan fingerprint density at radius 1 is 1.64 bits per heavy atom. The molecule has 2 N–H and O–H groups in total. The van der Waals surface area contributed by atoms with Gasteiger partial charge in [-0.05, 0) is 12.3 Å². The molecule has 14 heavy (non-hydrogen) atoms. The Morgan fingerprint density at radius 3 is 2.93 bits per heavy atom. The summed E-state index contributed by atoms with van der Waals surface area (Å²) in [6.45, 7) is 7.05. The Hall–Kier alpha value is -0.610. The number of piperidine rings is 1. The van der Waals surface area contributed by atoms with Crippen molar-refractivity contribution in [1.29, 1.82) is 0 Å². The Bertz CT molecular complexity index is 197. The molecule has 4 heteroatoms. The summed E-state index contributed by atoms with van der Waals surface area (Å²) in [5, 5.41) is 12.3. The van der Waals surface area contributed by atoms with Crippen molar-refractivity contribution in [3.05, 3.63) is 0 Å². The topological polar surface area (TPSA) is 52.6 Å². The van der Waals surface area contributed by atoms with Crippen LogP contribution in [0.1, 0.15) is 20.3 Å². The second-order valence-corrected chi connectivity index (χ2v) is 4.12. The zero-order valence-electron chi connectivity index (χ0n) is 8.99. The summed E-state index contributed by atoms with van der Waals surface area (Å²) in [5.74, 6) is 0.371. The molecule has 82 valence electrons. The third kappa shape index (κ3) is 3.64. The summed E-state index contributed by atoms with van der Waals surface area (Å²) >= 11 is 0. The van der Waals surface area contributed by atoms with Gasteiger partial charge in [-0.2, -0.15) is 0 Å². The highest BCUT2D eigenvalue weighted by molar-refractivity contribution is 5.72. The molecule has 1 saturated heterocycles. The number of amides is 1. The minimum Gasteiger partial charge on any atom is -0.393 e. The fourth-order valence-corrected chi connectivity index (χ4v) is 1.81. The average Bonchev–Trinajstić information content (AvgIpc) is 2.10. The lowest BCUT2D eigenvalue weighted by molar-refractivity contribution is -0.119. The SMILES string of the molecule is CC(=O)NCCN1CCC(O)C(C)C1. The van der Waals surface area contributed by atoms with E-state index in [1.807, 2.05) is 0 Å². The van der Waals surface area contributed by atoms with E-state index >= 15 is 0 Å². The van der Waals surface area contributed by atoms with Gasteiger partial charge in [0.2, 0.25) is 5.91 Å². The minimum atomic E-state index is -0.146. The van der Waals surface area contributed by atoms with Gasteiger partial charge in [0.05, 0.1) is 6.10 Å². The first-order chi connectivity index (χ1) is 6.59. The summed E-state index contributed by atoms with van der Waals surface area (Å²) in [6, 6.07) is 0. The first kappa shape index (κ1) is 11.5. The highest BCUT2D eigenvalue weighted by Gasteiger charge is 2.23. The smallest absolute Gasteiger partial charge is 0.216 e. The van der Waals surface area contributed by atoms with E-state index in [0.29, 0.717) is 12.5 Å². The number of aliphatic hydroxyl groups is 1. The van der Waals surface area contributed by atoms with Crippen LogP contribution in [0.4, 0.5) is 0 Å². The van der Waals surface area contributed by atoms with Crippen LogP contribution in [0.25, 0.3) is 0 Å². The molecule has 0 aromatic heterocycles. The Morgan fingerprint density at radius 2 is 2.36 bits per heavy atom. The molecular weight excluding hydrogens is 180 g/mol. The average molecular weight is 200 g/mol. The van der Waals surface area contributed by atoms with Crippen LogP contribution in [0.3, 0.4) is 0 Å². The van der Waals surface area contributed by atoms with Gasteiger partial charge >= 0.3 is 0 Å². The van der Waals surface area contributed by atoms with Crippen molar-refractivity contribution >= 4 is 5.91 Å². The normalized spacial score (nSPS) is 28.8. The molecule has 1 amide bonds. The van der Waals surface area contributed by atoms with Gasteiger partial charge in [-0.15, -0.1) is 0 Å². The Kier molecular flexibility index (Phi) is 4.35. The van der Waals surface area contributed by atoms with E-state index in [2.05, 4.69) is 17.1 Å². The lowest BCUT2D eigenvalue weighted by Gasteiger charge is -2.34. The predicted molar refractivity (Wildman–Crippen MR) is 54.9 cm³/mol. The monoisotopic (exact) mass is 200 g/mol. The van der Waals surface area contributed by atoms with Crippen LogP contribution in [0, 0.1) is 5.92 Å². The third-order valence-corrected chi connectivity index (χ3v) is 2.75. The molecule has 1 aliphatic rings. The van der Waals surface area contributed by atoms with Gasteiger partial charge in [0, 0.05) is 33.1 Å². The number of rotatable bonds is 3. The summed E-state index contributed by atoms with van der Waals surface area (Å²) in [5.41, 5.74) is 0. The minimum absolute atomic E-state index is 0.0232. The quantitative estimate of drug-likeness (QED) is 0.665. The highest BCUT2D eigenvalue weighted by atomic mass is 16.3. The van der Waals surface area contributed by atoms with Crippen molar-refractivity contribution in [3.63, 3.8) is 0 Å². The molecule has 0 aliphatic carbocycles. The van der Waals surface area contributed by atoms with E-state index in [1.54, 1.807) is 0 Å². The van der Waals surface area contributed by atoms with E-state index in [4.69, 9.17) is 0 Å². The molecule has 0 aromatic rings.